The highest BCUT2D eigenvalue weighted by atomic mass is 16.5. The second-order valence-corrected chi connectivity index (χ2v) is 7.50. The molecule has 0 radical (unpaired) electrons. The molecule has 2 fully saturated rings. The third-order valence-corrected chi connectivity index (χ3v) is 5.02. The summed E-state index contributed by atoms with van der Waals surface area (Å²) in [6, 6.07) is -0.356. The largest absolute Gasteiger partial charge is 0.394 e. The zero-order chi connectivity index (χ0) is 18.2. The summed E-state index contributed by atoms with van der Waals surface area (Å²) >= 11 is 0. The van der Waals surface area contributed by atoms with Crippen LogP contribution in [0.25, 0.3) is 0 Å². The summed E-state index contributed by atoms with van der Waals surface area (Å²) < 4.78 is 5.92. The molecule has 1 saturated heterocycles. The number of carbonyl (C=O) groups is 2. The highest BCUT2D eigenvalue weighted by Crippen LogP contribution is 2.25. The Balaban J connectivity index is 1.69. The first-order valence-corrected chi connectivity index (χ1v) is 9.60. The Morgan fingerprint density at radius 1 is 1.16 bits per heavy atom. The van der Waals surface area contributed by atoms with E-state index in [1.54, 1.807) is 0 Å². The van der Waals surface area contributed by atoms with Gasteiger partial charge in [-0.1, -0.05) is 12.8 Å². The number of amides is 3. The van der Waals surface area contributed by atoms with E-state index in [1.807, 2.05) is 13.8 Å². The van der Waals surface area contributed by atoms with Crippen LogP contribution in [0.2, 0.25) is 0 Å². The van der Waals surface area contributed by atoms with Gasteiger partial charge in [0.1, 0.15) is 6.10 Å². The Bertz CT molecular complexity index is 438. The summed E-state index contributed by atoms with van der Waals surface area (Å²) in [6.07, 6.45) is 6.23. The molecule has 1 aliphatic heterocycles. The SMILES string of the molecule is CC(C)NC(=O)N[C@@H]1CC[C@@H](CCNC(=O)C2CCCC2)O[C@@H]1CO. The molecule has 1 heterocycles. The van der Waals surface area contributed by atoms with Crippen molar-refractivity contribution in [3.05, 3.63) is 0 Å². The van der Waals surface area contributed by atoms with Crippen molar-refractivity contribution in [3.8, 4) is 0 Å². The van der Waals surface area contributed by atoms with E-state index in [2.05, 4.69) is 16.0 Å². The number of carbonyl (C=O) groups excluding carboxylic acids is 2. The minimum atomic E-state index is -0.401. The van der Waals surface area contributed by atoms with Crippen molar-refractivity contribution in [1.82, 2.24) is 16.0 Å². The lowest BCUT2D eigenvalue weighted by atomic mass is 9.97. The number of aliphatic hydroxyl groups excluding tert-OH is 1. The molecule has 144 valence electrons. The fraction of sp³-hybridized carbons (Fsp3) is 0.889. The topological polar surface area (TPSA) is 99.7 Å². The van der Waals surface area contributed by atoms with Crippen molar-refractivity contribution in [3.63, 3.8) is 0 Å². The van der Waals surface area contributed by atoms with E-state index in [4.69, 9.17) is 4.74 Å². The number of aliphatic hydroxyl groups is 1. The minimum Gasteiger partial charge on any atom is -0.394 e. The summed E-state index contributed by atoms with van der Waals surface area (Å²) in [5.74, 6) is 0.349. The van der Waals surface area contributed by atoms with Gasteiger partial charge in [0, 0.05) is 18.5 Å². The van der Waals surface area contributed by atoms with Gasteiger partial charge in [0.15, 0.2) is 0 Å². The number of hydrogen-bond donors (Lipinski definition) is 4. The molecule has 7 heteroatoms. The fourth-order valence-electron chi connectivity index (χ4n) is 3.67. The van der Waals surface area contributed by atoms with Crippen LogP contribution in [0.3, 0.4) is 0 Å². The predicted octanol–water partition coefficient (Wildman–Crippen LogP) is 1.30. The maximum atomic E-state index is 12.0. The number of nitrogens with one attached hydrogen (secondary N) is 3. The molecular weight excluding hydrogens is 322 g/mol. The molecule has 25 heavy (non-hydrogen) atoms. The summed E-state index contributed by atoms with van der Waals surface area (Å²) in [4.78, 5) is 23.9. The molecule has 2 rings (SSSR count). The van der Waals surface area contributed by atoms with Crippen molar-refractivity contribution < 1.29 is 19.4 Å². The first-order valence-electron chi connectivity index (χ1n) is 9.60. The number of rotatable bonds is 7. The molecule has 0 aromatic heterocycles. The van der Waals surface area contributed by atoms with E-state index in [9.17, 15) is 14.7 Å². The molecule has 7 nitrogen and oxygen atoms in total. The van der Waals surface area contributed by atoms with Crippen molar-refractivity contribution >= 4 is 11.9 Å². The summed E-state index contributed by atoms with van der Waals surface area (Å²) in [5.41, 5.74) is 0. The van der Waals surface area contributed by atoms with Gasteiger partial charge in [0.2, 0.25) is 5.91 Å². The van der Waals surface area contributed by atoms with Gasteiger partial charge < -0.3 is 25.8 Å². The number of ether oxygens (including phenoxy) is 1. The van der Waals surface area contributed by atoms with Crippen LogP contribution in [-0.2, 0) is 9.53 Å². The second kappa shape index (κ2) is 9.97. The van der Waals surface area contributed by atoms with Gasteiger partial charge in [-0.3, -0.25) is 4.79 Å². The normalized spacial score (nSPS) is 27.3. The Morgan fingerprint density at radius 3 is 2.52 bits per heavy atom. The maximum Gasteiger partial charge on any atom is 0.315 e. The van der Waals surface area contributed by atoms with Crippen LogP contribution in [0.15, 0.2) is 0 Å². The van der Waals surface area contributed by atoms with Gasteiger partial charge in [-0.15, -0.1) is 0 Å². The molecule has 4 N–H and O–H groups in total. The van der Waals surface area contributed by atoms with Crippen molar-refractivity contribution in [2.75, 3.05) is 13.2 Å². The van der Waals surface area contributed by atoms with E-state index in [0.717, 1.165) is 44.9 Å². The third-order valence-electron chi connectivity index (χ3n) is 5.02. The zero-order valence-corrected chi connectivity index (χ0v) is 15.4. The minimum absolute atomic E-state index is 0.00670. The molecule has 0 unspecified atom stereocenters. The molecule has 3 atom stereocenters. The molecular formula is C18H33N3O4. The summed E-state index contributed by atoms with van der Waals surface area (Å²) in [7, 11) is 0. The molecule has 0 spiro atoms. The Kier molecular flexibility index (Phi) is 7.96. The van der Waals surface area contributed by atoms with Crippen LogP contribution >= 0.6 is 0 Å². The molecule has 0 aromatic rings. The monoisotopic (exact) mass is 355 g/mol. The smallest absolute Gasteiger partial charge is 0.315 e. The van der Waals surface area contributed by atoms with Crippen LogP contribution < -0.4 is 16.0 Å². The van der Waals surface area contributed by atoms with Gasteiger partial charge in [0.25, 0.3) is 0 Å². The van der Waals surface area contributed by atoms with E-state index in [-0.39, 0.29) is 42.7 Å². The lowest BCUT2D eigenvalue weighted by molar-refractivity contribution is -0.125. The highest BCUT2D eigenvalue weighted by Gasteiger charge is 2.32. The molecule has 0 bridgehead atoms. The van der Waals surface area contributed by atoms with Crippen LogP contribution in [0, 0.1) is 5.92 Å². The summed E-state index contributed by atoms with van der Waals surface area (Å²) in [5, 5.41) is 18.2. The van der Waals surface area contributed by atoms with Gasteiger partial charge >= 0.3 is 6.03 Å². The van der Waals surface area contributed by atoms with Crippen LogP contribution in [0.5, 0.6) is 0 Å². The first kappa shape index (κ1) is 20.0. The van der Waals surface area contributed by atoms with Crippen molar-refractivity contribution in [2.24, 2.45) is 5.92 Å². The molecule has 1 aliphatic carbocycles. The third kappa shape index (κ3) is 6.47. The second-order valence-electron chi connectivity index (χ2n) is 7.50. The number of urea groups is 1. The van der Waals surface area contributed by atoms with Crippen LogP contribution in [-0.4, -0.2) is 54.5 Å². The zero-order valence-electron chi connectivity index (χ0n) is 15.4. The molecule has 2 aliphatic rings. The van der Waals surface area contributed by atoms with Crippen molar-refractivity contribution in [1.29, 1.82) is 0 Å². The van der Waals surface area contributed by atoms with E-state index >= 15 is 0 Å². The van der Waals surface area contributed by atoms with Gasteiger partial charge in [0.05, 0.1) is 18.8 Å². The fourth-order valence-corrected chi connectivity index (χ4v) is 3.67. The summed E-state index contributed by atoms with van der Waals surface area (Å²) in [6.45, 7) is 4.27. The Morgan fingerprint density at radius 2 is 1.88 bits per heavy atom. The highest BCUT2D eigenvalue weighted by molar-refractivity contribution is 5.78. The lowest BCUT2D eigenvalue weighted by Crippen LogP contribution is -2.54. The maximum absolute atomic E-state index is 12.0. The molecule has 1 saturated carbocycles. The first-order chi connectivity index (χ1) is 12.0. The Hall–Kier alpha value is -1.34. The molecule has 3 amide bonds. The lowest BCUT2D eigenvalue weighted by Gasteiger charge is -2.36. The van der Waals surface area contributed by atoms with Gasteiger partial charge in [-0.25, -0.2) is 4.79 Å². The van der Waals surface area contributed by atoms with E-state index in [1.165, 1.54) is 0 Å². The van der Waals surface area contributed by atoms with Gasteiger partial charge in [-0.2, -0.15) is 0 Å². The predicted molar refractivity (Wildman–Crippen MR) is 95.2 cm³/mol. The quantitative estimate of drug-likeness (QED) is 0.553. The standard InChI is InChI=1S/C18H33N3O4/c1-12(2)20-18(24)21-15-8-7-14(25-16(15)11-22)9-10-19-17(23)13-5-3-4-6-13/h12-16,22H,3-11H2,1-2H3,(H,19,23)(H2,20,21,24)/t14-,15+,16+/m0/s1. The van der Waals surface area contributed by atoms with Crippen molar-refractivity contribution in [2.45, 2.75) is 83.1 Å². The van der Waals surface area contributed by atoms with E-state index < -0.39 is 6.10 Å². The van der Waals surface area contributed by atoms with E-state index in [0.29, 0.717) is 6.54 Å². The van der Waals surface area contributed by atoms with Gasteiger partial charge in [-0.05, 0) is 46.0 Å². The average molecular weight is 355 g/mol. The van der Waals surface area contributed by atoms with Crippen LogP contribution in [0.4, 0.5) is 4.79 Å². The molecule has 0 aromatic carbocycles. The van der Waals surface area contributed by atoms with Crippen LogP contribution in [0.1, 0.15) is 58.8 Å². The number of hydrogen-bond acceptors (Lipinski definition) is 4. The Labute approximate surface area is 150 Å². The average Bonchev–Trinajstić information content (AvgIpc) is 3.09.